The topological polar surface area (TPSA) is 83.1 Å². The summed E-state index contributed by atoms with van der Waals surface area (Å²) in [6.07, 6.45) is 2.04. The van der Waals surface area contributed by atoms with Gasteiger partial charge >= 0.3 is 0 Å². The number of hydrogen-bond donors (Lipinski definition) is 1. The summed E-state index contributed by atoms with van der Waals surface area (Å²) in [5.74, 6) is 1.59. The van der Waals surface area contributed by atoms with Gasteiger partial charge in [0.25, 0.3) is 5.91 Å². The summed E-state index contributed by atoms with van der Waals surface area (Å²) in [5, 5.41) is 2.79. The second-order valence-corrected chi connectivity index (χ2v) is 7.00. The first kappa shape index (κ1) is 21.6. The van der Waals surface area contributed by atoms with Gasteiger partial charge in [-0.15, -0.1) is 0 Å². The molecule has 1 fully saturated rings. The van der Waals surface area contributed by atoms with E-state index in [1.807, 2.05) is 24.3 Å². The highest BCUT2D eigenvalue weighted by molar-refractivity contribution is 5.98. The zero-order chi connectivity index (χ0) is 21.3. The van der Waals surface area contributed by atoms with Crippen molar-refractivity contribution >= 4 is 11.7 Å². The summed E-state index contributed by atoms with van der Waals surface area (Å²) in [7, 11) is 3.15. The summed E-state index contributed by atoms with van der Waals surface area (Å²) in [6, 6.07) is 12.3. The van der Waals surface area contributed by atoms with Crippen molar-refractivity contribution in [1.82, 2.24) is 5.32 Å². The molecule has 1 aliphatic rings. The minimum Gasteiger partial charge on any atom is -0.497 e. The Bertz CT molecular complexity index is 864. The van der Waals surface area contributed by atoms with Crippen molar-refractivity contribution in [1.29, 1.82) is 0 Å². The largest absolute Gasteiger partial charge is 0.497 e. The van der Waals surface area contributed by atoms with Crippen molar-refractivity contribution in [3.8, 4) is 17.2 Å². The zero-order valence-electron chi connectivity index (χ0n) is 17.3. The van der Waals surface area contributed by atoms with E-state index in [4.69, 9.17) is 18.9 Å². The van der Waals surface area contributed by atoms with Crippen molar-refractivity contribution in [2.75, 3.05) is 27.4 Å². The standard InChI is InChI=1S/C23H27NO6/c1-27-18-9-6-16(7-10-18)15-29-12-13-30-21-11-8-17(14-22(21)28-2)23(26)24-19-4-3-5-20(19)25/h6-11,14,19H,3-5,12-13,15H2,1-2H3,(H,24,26)/t19-/m1/s1. The first-order valence-electron chi connectivity index (χ1n) is 9.96. The van der Waals surface area contributed by atoms with Crippen molar-refractivity contribution < 1.29 is 28.5 Å². The van der Waals surface area contributed by atoms with Gasteiger partial charge in [-0.1, -0.05) is 12.1 Å². The normalized spacial score (nSPS) is 15.7. The van der Waals surface area contributed by atoms with Crippen molar-refractivity contribution in [3.05, 3.63) is 53.6 Å². The van der Waals surface area contributed by atoms with Crippen LogP contribution in [0.1, 0.15) is 35.2 Å². The van der Waals surface area contributed by atoms with Gasteiger partial charge in [-0.3, -0.25) is 9.59 Å². The molecule has 2 aromatic rings. The predicted molar refractivity (Wildman–Crippen MR) is 111 cm³/mol. The number of rotatable bonds is 10. The maximum absolute atomic E-state index is 12.4. The number of carbonyl (C=O) groups is 2. The number of hydrogen-bond acceptors (Lipinski definition) is 6. The van der Waals surface area contributed by atoms with E-state index in [0.29, 0.717) is 49.7 Å². The molecule has 0 saturated heterocycles. The van der Waals surface area contributed by atoms with Gasteiger partial charge < -0.3 is 24.3 Å². The Balaban J connectivity index is 1.47. The second-order valence-electron chi connectivity index (χ2n) is 7.00. The van der Waals surface area contributed by atoms with Crippen LogP contribution in [0.2, 0.25) is 0 Å². The lowest BCUT2D eigenvalue weighted by atomic mass is 10.1. The lowest BCUT2D eigenvalue weighted by Crippen LogP contribution is -2.37. The third-order valence-electron chi connectivity index (χ3n) is 4.95. The van der Waals surface area contributed by atoms with Crippen LogP contribution < -0.4 is 19.5 Å². The van der Waals surface area contributed by atoms with Crippen LogP contribution in [-0.4, -0.2) is 45.2 Å². The molecule has 2 aromatic carbocycles. The van der Waals surface area contributed by atoms with Gasteiger partial charge in [0.05, 0.1) is 33.5 Å². The van der Waals surface area contributed by atoms with Crippen molar-refractivity contribution in [2.45, 2.75) is 31.9 Å². The second kappa shape index (κ2) is 10.6. The Labute approximate surface area is 176 Å². The molecular weight excluding hydrogens is 386 g/mol. The van der Waals surface area contributed by atoms with E-state index < -0.39 is 0 Å². The third-order valence-corrected chi connectivity index (χ3v) is 4.95. The Hall–Kier alpha value is -3.06. The fourth-order valence-electron chi connectivity index (χ4n) is 3.26. The number of amides is 1. The van der Waals surface area contributed by atoms with Crippen LogP contribution >= 0.6 is 0 Å². The van der Waals surface area contributed by atoms with Gasteiger partial charge in [-0.05, 0) is 48.7 Å². The first-order valence-corrected chi connectivity index (χ1v) is 9.96. The molecule has 1 amide bonds. The van der Waals surface area contributed by atoms with Gasteiger partial charge in [0.1, 0.15) is 12.4 Å². The first-order chi connectivity index (χ1) is 14.6. The van der Waals surface area contributed by atoms with E-state index in [9.17, 15) is 9.59 Å². The molecule has 1 saturated carbocycles. The van der Waals surface area contributed by atoms with E-state index in [1.165, 1.54) is 7.11 Å². The zero-order valence-corrected chi connectivity index (χ0v) is 17.3. The molecule has 0 radical (unpaired) electrons. The van der Waals surface area contributed by atoms with Gasteiger partial charge in [0.15, 0.2) is 17.3 Å². The summed E-state index contributed by atoms with van der Waals surface area (Å²) in [6.45, 7) is 1.22. The van der Waals surface area contributed by atoms with Crippen LogP contribution in [0.5, 0.6) is 17.2 Å². The maximum atomic E-state index is 12.4. The third kappa shape index (κ3) is 5.73. The van der Waals surface area contributed by atoms with E-state index in [2.05, 4.69) is 5.32 Å². The molecule has 160 valence electrons. The van der Waals surface area contributed by atoms with Gasteiger partial charge in [-0.2, -0.15) is 0 Å². The Kier molecular flexibility index (Phi) is 7.68. The number of Topliss-reactive ketones (excluding diaryl/α,β-unsaturated/α-hetero) is 1. The number of carbonyl (C=O) groups excluding carboxylic acids is 2. The Morgan fingerprint density at radius 2 is 1.83 bits per heavy atom. The van der Waals surface area contributed by atoms with Gasteiger partial charge in [0, 0.05) is 12.0 Å². The van der Waals surface area contributed by atoms with Crippen LogP contribution in [0.3, 0.4) is 0 Å². The minimum absolute atomic E-state index is 0.0879. The molecule has 30 heavy (non-hydrogen) atoms. The highest BCUT2D eigenvalue weighted by Crippen LogP contribution is 2.28. The molecule has 0 bridgehead atoms. The van der Waals surface area contributed by atoms with Crippen molar-refractivity contribution in [2.24, 2.45) is 0 Å². The minimum atomic E-state index is -0.387. The summed E-state index contributed by atoms with van der Waals surface area (Å²) in [4.78, 5) is 24.1. The van der Waals surface area contributed by atoms with Crippen LogP contribution in [0.15, 0.2) is 42.5 Å². The summed E-state index contributed by atoms with van der Waals surface area (Å²) < 4.78 is 21.8. The molecule has 0 spiro atoms. The summed E-state index contributed by atoms with van der Waals surface area (Å²) in [5.41, 5.74) is 1.47. The molecule has 3 rings (SSSR count). The molecule has 7 nitrogen and oxygen atoms in total. The fraction of sp³-hybridized carbons (Fsp3) is 0.391. The molecular formula is C23H27NO6. The molecule has 1 aliphatic carbocycles. The SMILES string of the molecule is COc1ccc(COCCOc2ccc(C(=O)N[C@@H]3CCCC3=O)cc2OC)cc1. The number of methoxy groups -OCH3 is 2. The highest BCUT2D eigenvalue weighted by atomic mass is 16.5. The average molecular weight is 413 g/mol. The van der Waals surface area contributed by atoms with Crippen LogP contribution in [0, 0.1) is 0 Å². The van der Waals surface area contributed by atoms with E-state index in [-0.39, 0.29) is 17.7 Å². The number of ketones is 1. The monoisotopic (exact) mass is 413 g/mol. The maximum Gasteiger partial charge on any atom is 0.252 e. The molecule has 0 heterocycles. The lowest BCUT2D eigenvalue weighted by Gasteiger charge is -2.14. The molecule has 1 N–H and O–H groups in total. The number of ether oxygens (including phenoxy) is 4. The van der Waals surface area contributed by atoms with Crippen LogP contribution in [-0.2, 0) is 16.1 Å². The molecule has 0 unspecified atom stereocenters. The predicted octanol–water partition coefficient (Wildman–Crippen LogP) is 3.15. The Morgan fingerprint density at radius 1 is 1.03 bits per heavy atom. The van der Waals surface area contributed by atoms with E-state index in [0.717, 1.165) is 17.7 Å². The fourth-order valence-corrected chi connectivity index (χ4v) is 3.26. The lowest BCUT2D eigenvalue weighted by molar-refractivity contribution is -0.118. The van der Waals surface area contributed by atoms with E-state index in [1.54, 1.807) is 25.3 Å². The van der Waals surface area contributed by atoms with Gasteiger partial charge in [-0.25, -0.2) is 0 Å². The van der Waals surface area contributed by atoms with E-state index >= 15 is 0 Å². The average Bonchev–Trinajstić information content (AvgIpc) is 3.18. The van der Waals surface area contributed by atoms with Crippen LogP contribution in [0.25, 0.3) is 0 Å². The smallest absolute Gasteiger partial charge is 0.252 e. The molecule has 7 heteroatoms. The summed E-state index contributed by atoms with van der Waals surface area (Å²) >= 11 is 0. The molecule has 1 atom stereocenters. The number of benzene rings is 2. The molecule has 0 aromatic heterocycles. The Morgan fingerprint density at radius 3 is 2.50 bits per heavy atom. The van der Waals surface area contributed by atoms with Crippen LogP contribution in [0.4, 0.5) is 0 Å². The molecule has 0 aliphatic heterocycles. The highest BCUT2D eigenvalue weighted by Gasteiger charge is 2.26. The van der Waals surface area contributed by atoms with Gasteiger partial charge in [0.2, 0.25) is 0 Å². The quantitative estimate of drug-likeness (QED) is 0.603. The number of nitrogens with one attached hydrogen (secondary N) is 1. The van der Waals surface area contributed by atoms with Crippen molar-refractivity contribution in [3.63, 3.8) is 0 Å².